The summed E-state index contributed by atoms with van der Waals surface area (Å²) in [6.45, 7) is 2.57. The first-order chi connectivity index (χ1) is 11.3. The first-order valence-electron chi connectivity index (χ1n) is 8.08. The molecular weight excluding hydrogens is 321 g/mol. The molecule has 132 valence electrons. The number of ketones is 1. The predicted molar refractivity (Wildman–Crippen MR) is 82.8 cm³/mol. The summed E-state index contributed by atoms with van der Waals surface area (Å²) in [4.78, 5) is 26.1. The second-order valence-electron chi connectivity index (χ2n) is 6.10. The van der Waals surface area contributed by atoms with E-state index in [4.69, 9.17) is 5.73 Å². The molecule has 1 aliphatic rings. The van der Waals surface area contributed by atoms with Crippen LogP contribution >= 0.6 is 0 Å². The largest absolute Gasteiger partial charge is 0.341 e. The van der Waals surface area contributed by atoms with Crippen molar-refractivity contribution in [2.24, 2.45) is 11.7 Å². The number of piperidine rings is 1. The minimum atomic E-state index is -1.19. The lowest BCUT2D eigenvalue weighted by Crippen LogP contribution is -2.47. The van der Waals surface area contributed by atoms with Crippen LogP contribution in [0.25, 0.3) is 0 Å². The van der Waals surface area contributed by atoms with Crippen molar-refractivity contribution in [3.8, 4) is 0 Å². The Balaban J connectivity index is 2.02. The number of halogens is 3. The standard InChI is InChI=1S/C17H21F3N2O2/c1-2-3-14(21)17(24)22-6-4-10(5-7-22)16(23)15-12(19)8-11(18)9-13(15)20/h8-10,14H,2-7,21H2,1H3. The summed E-state index contributed by atoms with van der Waals surface area (Å²) in [5.41, 5.74) is 5.10. The van der Waals surface area contributed by atoms with Crippen LogP contribution in [0.5, 0.6) is 0 Å². The third-order valence-corrected chi connectivity index (χ3v) is 4.35. The summed E-state index contributed by atoms with van der Waals surface area (Å²) < 4.78 is 40.4. The molecule has 4 nitrogen and oxygen atoms in total. The van der Waals surface area contributed by atoms with Gasteiger partial charge < -0.3 is 10.6 Å². The molecule has 0 aromatic heterocycles. The molecule has 1 aliphatic heterocycles. The van der Waals surface area contributed by atoms with E-state index >= 15 is 0 Å². The molecule has 0 saturated carbocycles. The van der Waals surface area contributed by atoms with Crippen molar-refractivity contribution in [1.82, 2.24) is 4.90 Å². The number of Topliss-reactive ketones (excluding diaryl/α,β-unsaturated/α-hetero) is 1. The highest BCUT2D eigenvalue weighted by Crippen LogP contribution is 2.25. The van der Waals surface area contributed by atoms with Crippen LogP contribution in [0.1, 0.15) is 43.0 Å². The zero-order valence-corrected chi connectivity index (χ0v) is 13.5. The van der Waals surface area contributed by atoms with Gasteiger partial charge in [0.2, 0.25) is 5.91 Å². The quantitative estimate of drug-likeness (QED) is 0.837. The number of nitrogens with two attached hydrogens (primary N) is 1. The van der Waals surface area contributed by atoms with Crippen LogP contribution in [-0.2, 0) is 4.79 Å². The van der Waals surface area contributed by atoms with Gasteiger partial charge in [-0.1, -0.05) is 13.3 Å². The molecule has 1 aromatic rings. The number of carbonyl (C=O) groups is 2. The SMILES string of the molecule is CCCC(N)C(=O)N1CCC(C(=O)c2c(F)cc(F)cc2F)CC1. The zero-order chi connectivity index (χ0) is 17.9. The van der Waals surface area contributed by atoms with Gasteiger partial charge in [-0.05, 0) is 19.3 Å². The molecule has 1 heterocycles. The summed E-state index contributed by atoms with van der Waals surface area (Å²) in [5.74, 6) is -4.89. The molecular formula is C17H21F3N2O2. The number of benzene rings is 1. The van der Waals surface area contributed by atoms with Crippen molar-refractivity contribution in [2.45, 2.75) is 38.6 Å². The molecule has 7 heteroatoms. The number of hydrogen-bond acceptors (Lipinski definition) is 3. The van der Waals surface area contributed by atoms with Gasteiger partial charge >= 0.3 is 0 Å². The molecule has 1 aromatic carbocycles. The Bertz CT molecular complexity index is 605. The van der Waals surface area contributed by atoms with Crippen LogP contribution in [0.2, 0.25) is 0 Å². The number of likely N-dealkylation sites (tertiary alicyclic amines) is 1. The smallest absolute Gasteiger partial charge is 0.239 e. The molecule has 24 heavy (non-hydrogen) atoms. The van der Waals surface area contributed by atoms with E-state index in [1.165, 1.54) is 0 Å². The number of carbonyl (C=O) groups excluding carboxylic acids is 2. The molecule has 0 bridgehead atoms. The van der Waals surface area contributed by atoms with Gasteiger partial charge in [-0.15, -0.1) is 0 Å². The molecule has 0 aliphatic carbocycles. The number of nitrogens with zero attached hydrogens (tertiary/aromatic N) is 1. The van der Waals surface area contributed by atoms with Gasteiger partial charge in [0.1, 0.15) is 17.5 Å². The molecule has 2 N–H and O–H groups in total. The van der Waals surface area contributed by atoms with Crippen molar-refractivity contribution in [3.05, 3.63) is 35.1 Å². The van der Waals surface area contributed by atoms with Crippen LogP contribution < -0.4 is 5.73 Å². The lowest BCUT2D eigenvalue weighted by Gasteiger charge is -2.33. The average Bonchev–Trinajstić information content (AvgIpc) is 2.53. The molecule has 1 amide bonds. The van der Waals surface area contributed by atoms with Crippen molar-refractivity contribution in [1.29, 1.82) is 0 Å². The molecule has 1 saturated heterocycles. The zero-order valence-electron chi connectivity index (χ0n) is 13.5. The van der Waals surface area contributed by atoms with Crippen LogP contribution in [0.4, 0.5) is 13.2 Å². The average molecular weight is 342 g/mol. The van der Waals surface area contributed by atoms with E-state index in [0.717, 1.165) is 6.42 Å². The maximum Gasteiger partial charge on any atom is 0.239 e. The summed E-state index contributed by atoms with van der Waals surface area (Å²) in [6, 6.07) is 0.437. The van der Waals surface area contributed by atoms with E-state index in [1.54, 1.807) is 4.90 Å². The van der Waals surface area contributed by atoms with Crippen molar-refractivity contribution < 1.29 is 22.8 Å². The van der Waals surface area contributed by atoms with E-state index in [-0.39, 0.29) is 5.91 Å². The summed E-state index contributed by atoms with van der Waals surface area (Å²) in [7, 11) is 0. The fourth-order valence-electron chi connectivity index (χ4n) is 3.01. The molecule has 1 fully saturated rings. The monoisotopic (exact) mass is 342 g/mol. The van der Waals surface area contributed by atoms with Gasteiger partial charge in [-0.25, -0.2) is 13.2 Å². The van der Waals surface area contributed by atoms with E-state index in [9.17, 15) is 22.8 Å². The minimum absolute atomic E-state index is 0.165. The Labute approximate surface area is 138 Å². The lowest BCUT2D eigenvalue weighted by molar-refractivity contribution is -0.134. The third-order valence-electron chi connectivity index (χ3n) is 4.35. The highest BCUT2D eigenvalue weighted by Gasteiger charge is 2.32. The first kappa shape index (κ1) is 18.4. The maximum atomic E-state index is 13.7. The van der Waals surface area contributed by atoms with E-state index in [2.05, 4.69) is 0 Å². The van der Waals surface area contributed by atoms with Crippen molar-refractivity contribution >= 4 is 11.7 Å². The predicted octanol–water partition coefficient (Wildman–Crippen LogP) is 2.65. The minimum Gasteiger partial charge on any atom is -0.341 e. The van der Waals surface area contributed by atoms with Crippen molar-refractivity contribution in [2.75, 3.05) is 13.1 Å². The van der Waals surface area contributed by atoms with Crippen molar-refractivity contribution in [3.63, 3.8) is 0 Å². The van der Waals surface area contributed by atoms with E-state index < -0.39 is 40.8 Å². The number of hydrogen-bond donors (Lipinski definition) is 1. The Morgan fingerprint density at radius 2 is 1.75 bits per heavy atom. The summed E-state index contributed by atoms with van der Waals surface area (Å²) >= 11 is 0. The maximum absolute atomic E-state index is 13.7. The second kappa shape index (κ2) is 7.79. The van der Waals surface area contributed by atoms with E-state index in [1.807, 2.05) is 6.92 Å². The number of amides is 1. The molecule has 0 spiro atoms. The Kier molecular flexibility index (Phi) is 5.99. The first-order valence-corrected chi connectivity index (χ1v) is 8.08. The van der Waals surface area contributed by atoms with Gasteiger partial charge in [0.15, 0.2) is 5.78 Å². The van der Waals surface area contributed by atoms with Gasteiger partial charge in [-0.2, -0.15) is 0 Å². The topological polar surface area (TPSA) is 63.4 Å². The Hall–Kier alpha value is -1.89. The highest BCUT2D eigenvalue weighted by molar-refractivity contribution is 5.98. The Morgan fingerprint density at radius 3 is 2.25 bits per heavy atom. The third kappa shape index (κ3) is 3.95. The fraction of sp³-hybridized carbons (Fsp3) is 0.529. The fourth-order valence-corrected chi connectivity index (χ4v) is 3.01. The molecule has 1 unspecified atom stereocenters. The molecule has 2 rings (SSSR count). The Morgan fingerprint density at radius 1 is 1.21 bits per heavy atom. The molecule has 0 radical (unpaired) electrons. The highest BCUT2D eigenvalue weighted by atomic mass is 19.1. The summed E-state index contributed by atoms with van der Waals surface area (Å²) in [5, 5.41) is 0. The summed E-state index contributed by atoms with van der Waals surface area (Å²) in [6.07, 6.45) is 1.99. The van der Waals surface area contributed by atoms with Gasteiger partial charge in [0, 0.05) is 31.1 Å². The van der Waals surface area contributed by atoms with Gasteiger partial charge in [-0.3, -0.25) is 9.59 Å². The van der Waals surface area contributed by atoms with Crippen LogP contribution in [-0.4, -0.2) is 35.7 Å². The number of rotatable bonds is 5. The van der Waals surface area contributed by atoms with Crippen LogP contribution in [0.3, 0.4) is 0 Å². The van der Waals surface area contributed by atoms with Gasteiger partial charge in [0.05, 0.1) is 11.6 Å². The van der Waals surface area contributed by atoms with Gasteiger partial charge in [0.25, 0.3) is 0 Å². The normalized spacial score (nSPS) is 17.0. The van der Waals surface area contributed by atoms with Crippen LogP contribution in [0, 0.1) is 23.4 Å². The second-order valence-corrected chi connectivity index (χ2v) is 6.10. The van der Waals surface area contributed by atoms with Crippen LogP contribution in [0.15, 0.2) is 12.1 Å². The lowest BCUT2D eigenvalue weighted by atomic mass is 9.88. The van der Waals surface area contributed by atoms with E-state index in [0.29, 0.717) is 44.5 Å². The molecule has 1 atom stereocenters.